The summed E-state index contributed by atoms with van der Waals surface area (Å²) in [7, 11) is 0. The van der Waals surface area contributed by atoms with Gasteiger partial charge in [-0.1, -0.05) is 0 Å². The summed E-state index contributed by atoms with van der Waals surface area (Å²) in [4.78, 5) is 10.4. The Bertz CT molecular complexity index is 150. The quantitative estimate of drug-likeness (QED) is 0.604. The predicted octanol–water partition coefficient (Wildman–Crippen LogP) is 1.51. The summed E-state index contributed by atoms with van der Waals surface area (Å²) < 4.78 is 22.8. The Hall–Kier alpha value is -0.980. The van der Waals surface area contributed by atoms with Gasteiger partial charge in [0.1, 0.15) is 5.78 Å². The fourth-order valence-corrected chi connectivity index (χ4v) is 0.447. The van der Waals surface area contributed by atoms with E-state index in [4.69, 9.17) is 5.26 Å². The van der Waals surface area contributed by atoms with Crippen molar-refractivity contribution in [3.8, 4) is 6.07 Å². The molecule has 0 radical (unpaired) electrons. The second-order valence-corrected chi connectivity index (χ2v) is 1.80. The third kappa shape index (κ3) is 5.16. The number of nitriles is 1. The lowest BCUT2D eigenvalue weighted by atomic mass is 10.2. The van der Waals surface area contributed by atoms with E-state index in [2.05, 4.69) is 0 Å². The second kappa shape index (κ2) is 4.86. The molecule has 0 bridgehead atoms. The lowest BCUT2D eigenvalue weighted by Crippen LogP contribution is -1.99. The third-order valence-electron chi connectivity index (χ3n) is 0.918. The van der Waals surface area contributed by atoms with Crippen LogP contribution in [0, 0.1) is 11.3 Å². The molecule has 0 rings (SSSR count). The third-order valence-corrected chi connectivity index (χ3v) is 0.918. The number of Topliss-reactive ketones (excluding diaryl/α,β-unsaturated/α-hetero) is 1. The monoisotopic (exact) mass is 147 g/mol. The van der Waals surface area contributed by atoms with Gasteiger partial charge >= 0.3 is 0 Å². The van der Waals surface area contributed by atoms with Gasteiger partial charge in [-0.15, -0.1) is 0 Å². The summed E-state index contributed by atoms with van der Waals surface area (Å²) in [5, 5.41) is 7.94. The molecule has 0 heterocycles. The molecule has 0 aromatic carbocycles. The minimum absolute atomic E-state index is 0.189. The van der Waals surface area contributed by atoms with Gasteiger partial charge in [-0.2, -0.15) is 5.26 Å². The van der Waals surface area contributed by atoms with Crippen LogP contribution in [-0.2, 0) is 4.79 Å². The van der Waals surface area contributed by atoms with Crippen molar-refractivity contribution in [2.75, 3.05) is 0 Å². The van der Waals surface area contributed by atoms with Crippen LogP contribution in [0.15, 0.2) is 0 Å². The zero-order valence-corrected chi connectivity index (χ0v) is 5.31. The average Bonchev–Trinajstić information content (AvgIpc) is 1.85. The van der Waals surface area contributed by atoms with Gasteiger partial charge in [0.05, 0.1) is 12.5 Å². The van der Waals surface area contributed by atoms with E-state index in [0.29, 0.717) is 0 Å². The van der Waals surface area contributed by atoms with Gasteiger partial charge in [-0.05, 0) is 0 Å². The molecule has 0 unspecified atom stereocenters. The molecule has 0 spiro atoms. The number of carbonyl (C=O) groups excluding carboxylic acids is 1. The van der Waals surface area contributed by atoms with Crippen molar-refractivity contribution >= 4 is 5.78 Å². The van der Waals surface area contributed by atoms with Crippen molar-refractivity contribution in [3.05, 3.63) is 0 Å². The summed E-state index contributed by atoms with van der Waals surface area (Å²) in [5.41, 5.74) is 0. The molecule has 0 aromatic heterocycles. The average molecular weight is 147 g/mol. The number of hydrogen-bond donors (Lipinski definition) is 0. The van der Waals surface area contributed by atoms with E-state index in [1.165, 1.54) is 0 Å². The van der Waals surface area contributed by atoms with E-state index in [9.17, 15) is 13.6 Å². The first-order chi connectivity index (χ1) is 4.66. The predicted molar refractivity (Wildman–Crippen MR) is 30.5 cm³/mol. The second-order valence-electron chi connectivity index (χ2n) is 1.80. The van der Waals surface area contributed by atoms with Crippen molar-refractivity contribution in [1.29, 1.82) is 5.26 Å². The Morgan fingerprint density at radius 1 is 1.60 bits per heavy atom. The highest BCUT2D eigenvalue weighted by Crippen LogP contribution is 2.03. The molecule has 0 aliphatic heterocycles. The number of alkyl halides is 2. The highest BCUT2D eigenvalue weighted by Gasteiger charge is 2.06. The van der Waals surface area contributed by atoms with Gasteiger partial charge in [0.2, 0.25) is 6.43 Å². The molecule has 0 N–H and O–H groups in total. The fraction of sp³-hybridized carbons (Fsp3) is 0.667. The SMILES string of the molecule is N#CCC(=O)CCC(F)F. The minimum atomic E-state index is -2.44. The molecule has 0 aliphatic carbocycles. The number of ketones is 1. The number of carbonyl (C=O) groups is 1. The van der Waals surface area contributed by atoms with Gasteiger partial charge in [0.25, 0.3) is 0 Å². The van der Waals surface area contributed by atoms with Gasteiger partial charge < -0.3 is 0 Å². The number of nitrogens with zero attached hydrogens (tertiary/aromatic N) is 1. The van der Waals surface area contributed by atoms with E-state index in [0.717, 1.165) is 0 Å². The lowest BCUT2D eigenvalue weighted by Gasteiger charge is -1.93. The Balaban J connectivity index is 3.33. The van der Waals surface area contributed by atoms with E-state index in [1.807, 2.05) is 0 Å². The normalized spacial score (nSPS) is 9.40. The molecule has 56 valence electrons. The zero-order valence-electron chi connectivity index (χ0n) is 5.31. The number of rotatable bonds is 4. The van der Waals surface area contributed by atoms with Crippen LogP contribution in [0.5, 0.6) is 0 Å². The molecule has 4 heteroatoms. The number of halogens is 2. The molecule has 10 heavy (non-hydrogen) atoms. The van der Waals surface area contributed by atoms with Crippen molar-refractivity contribution < 1.29 is 13.6 Å². The molecule has 0 aliphatic rings. The van der Waals surface area contributed by atoms with Crippen LogP contribution in [0.3, 0.4) is 0 Å². The van der Waals surface area contributed by atoms with Gasteiger partial charge in [-0.3, -0.25) is 4.79 Å². The van der Waals surface area contributed by atoms with Crippen LogP contribution >= 0.6 is 0 Å². The van der Waals surface area contributed by atoms with Crippen molar-refractivity contribution in [3.63, 3.8) is 0 Å². The van der Waals surface area contributed by atoms with Crippen LogP contribution in [0.2, 0.25) is 0 Å². The molecule has 0 atom stereocenters. The Kier molecular flexibility index (Phi) is 4.38. The van der Waals surface area contributed by atoms with Gasteiger partial charge in [0, 0.05) is 12.8 Å². The highest BCUT2D eigenvalue weighted by atomic mass is 19.3. The van der Waals surface area contributed by atoms with E-state index in [-0.39, 0.29) is 12.8 Å². The topological polar surface area (TPSA) is 40.9 Å². The van der Waals surface area contributed by atoms with Crippen LogP contribution in [-0.4, -0.2) is 12.2 Å². The van der Waals surface area contributed by atoms with Crippen molar-refractivity contribution in [1.82, 2.24) is 0 Å². The van der Waals surface area contributed by atoms with Gasteiger partial charge in [-0.25, -0.2) is 8.78 Å². The highest BCUT2D eigenvalue weighted by molar-refractivity contribution is 5.80. The summed E-state index contributed by atoms with van der Waals surface area (Å²) >= 11 is 0. The molecular formula is C6H7F2NO. The van der Waals surface area contributed by atoms with Crippen LogP contribution in [0.25, 0.3) is 0 Å². The molecule has 0 saturated heterocycles. The maximum atomic E-state index is 11.4. The van der Waals surface area contributed by atoms with Crippen molar-refractivity contribution in [2.45, 2.75) is 25.7 Å². The molecule has 0 aromatic rings. The smallest absolute Gasteiger partial charge is 0.239 e. The Labute approximate surface area is 57.4 Å². The molecule has 0 fully saturated rings. The molecule has 2 nitrogen and oxygen atoms in total. The first kappa shape index (κ1) is 9.02. The first-order valence-corrected chi connectivity index (χ1v) is 2.83. The Morgan fingerprint density at radius 3 is 2.60 bits per heavy atom. The summed E-state index contributed by atoms with van der Waals surface area (Å²) in [6.45, 7) is 0. The maximum Gasteiger partial charge on any atom is 0.239 e. The zero-order chi connectivity index (χ0) is 7.98. The largest absolute Gasteiger partial charge is 0.299 e. The molecular weight excluding hydrogens is 140 g/mol. The standard InChI is InChI=1S/C6H7F2NO/c7-6(8)2-1-5(10)3-4-9/h6H,1-3H2. The van der Waals surface area contributed by atoms with E-state index < -0.39 is 18.6 Å². The fourth-order valence-electron chi connectivity index (χ4n) is 0.447. The van der Waals surface area contributed by atoms with E-state index in [1.54, 1.807) is 6.07 Å². The van der Waals surface area contributed by atoms with Crippen LogP contribution in [0.4, 0.5) is 8.78 Å². The molecule has 0 saturated carbocycles. The Morgan fingerprint density at radius 2 is 2.20 bits per heavy atom. The molecule has 0 amide bonds. The lowest BCUT2D eigenvalue weighted by molar-refractivity contribution is -0.118. The maximum absolute atomic E-state index is 11.4. The van der Waals surface area contributed by atoms with E-state index >= 15 is 0 Å². The van der Waals surface area contributed by atoms with Crippen LogP contribution < -0.4 is 0 Å². The summed E-state index contributed by atoms with van der Waals surface area (Å²) in [6, 6.07) is 1.60. The minimum Gasteiger partial charge on any atom is -0.299 e. The summed E-state index contributed by atoms with van der Waals surface area (Å²) in [6.07, 6.45) is -3.32. The van der Waals surface area contributed by atoms with Crippen molar-refractivity contribution in [2.24, 2.45) is 0 Å². The van der Waals surface area contributed by atoms with Gasteiger partial charge in [0.15, 0.2) is 0 Å². The van der Waals surface area contributed by atoms with Crippen LogP contribution in [0.1, 0.15) is 19.3 Å². The first-order valence-electron chi connectivity index (χ1n) is 2.83. The number of hydrogen-bond acceptors (Lipinski definition) is 2. The summed E-state index contributed by atoms with van der Waals surface area (Å²) in [5.74, 6) is -0.414.